The molecule has 2 heterocycles. The number of fused-ring (bicyclic) bond motifs is 1. The molecule has 0 aliphatic carbocycles. The highest BCUT2D eigenvalue weighted by atomic mass is 35.5. The molecule has 2 aromatic heterocycles. The third-order valence-electron chi connectivity index (χ3n) is 3.08. The zero-order valence-corrected chi connectivity index (χ0v) is 11.9. The number of rotatable bonds is 3. The molecule has 3 nitrogen and oxygen atoms in total. The molecule has 0 aliphatic heterocycles. The first-order chi connectivity index (χ1) is 9.20. The van der Waals surface area contributed by atoms with Crippen molar-refractivity contribution < 1.29 is 4.42 Å². The molecule has 0 saturated heterocycles. The number of para-hydroxylation sites is 1. The number of nitrogens with one attached hydrogen (secondary N) is 1. The van der Waals surface area contributed by atoms with Gasteiger partial charge in [-0.15, -0.1) is 11.3 Å². The SMILES string of the molecule is Cc1csc(C(NN)c2cc3ccccc3o2)c1Cl. The van der Waals surface area contributed by atoms with Crippen molar-refractivity contribution in [3.8, 4) is 0 Å². The maximum atomic E-state index is 6.30. The maximum absolute atomic E-state index is 6.30. The molecule has 0 radical (unpaired) electrons. The van der Waals surface area contributed by atoms with Crippen LogP contribution >= 0.6 is 22.9 Å². The second-order valence-corrected chi connectivity index (χ2v) is 5.67. The molecule has 3 rings (SSSR count). The first-order valence-electron chi connectivity index (χ1n) is 5.89. The van der Waals surface area contributed by atoms with Crippen LogP contribution in [0.4, 0.5) is 0 Å². The lowest BCUT2D eigenvalue weighted by molar-refractivity contribution is 0.481. The van der Waals surface area contributed by atoms with Gasteiger partial charge >= 0.3 is 0 Å². The molecule has 1 atom stereocenters. The number of benzene rings is 1. The van der Waals surface area contributed by atoms with Crippen LogP contribution in [0.5, 0.6) is 0 Å². The fourth-order valence-corrected chi connectivity index (χ4v) is 3.44. The van der Waals surface area contributed by atoms with Crippen LogP contribution in [-0.4, -0.2) is 0 Å². The van der Waals surface area contributed by atoms with Crippen molar-refractivity contribution in [1.82, 2.24) is 5.43 Å². The highest BCUT2D eigenvalue weighted by molar-refractivity contribution is 7.10. The van der Waals surface area contributed by atoms with Gasteiger partial charge in [0.25, 0.3) is 0 Å². The molecule has 98 valence electrons. The van der Waals surface area contributed by atoms with Crippen LogP contribution in [0.15, 0.2) is 40.1 Å². The van der Waals surface area contributed by atoms with E-state index in [0.29, 0.717) is 0 Å². The topological polar surface area (TPSA) is 51.2 Å². The minimum atomic E-state index is -0.224. The predicted octanol–water partition coefficient (Wildman–Crippen LogP) is 4.01. The van der Waals surface area contributed by atoms with Crippen LogP contribution in [0.3, 0.4) is 0 Å². The Kier molecular flexibility index (Phi) is 3.33. The van der Waals surface area contributed by atoms with Gasteiger partial charge in [-0.05, 0) is 30.0 Å². The van der Waals surface area contributed by atoms with Crippen molar-refractivity contribution in [2.24, 2.45) is 5.84 Å². The maximum Gasteiger partial charge on any atom is 0.134 e. The molecular weight excluding hydrogens is 280 g/mol. The number of thiophene rings is 1. The Balaban J connectivity index is 2.09. The molecule has 3 N–H and O–H groups in total. The van der Waals surface area contributed by atoms with E-state index < -0.39 is 0 Å². The average Bonchev–Trinajstić information content (AvgIpc) is 2.98. The molecule has 1 unspecified atom stereocenters. The normalized spacial score (nSPS) is 13.0. The largest absolute Gasteiger partial charge is 0.459 e. The summed E-state index contributed by atoms with van der Waals surface area (Å²) < 4.78 is 5.85. The van der Waals surface area contributed by atoms with Gasteiger partial charge in [0.05, 0.1) is 5.02 Å². The quantitative estimate of drug-likeness (QED) is 0.566. The van der Waals surface area contributed by atoms with Crippen molar-refractivity contribution in [3.05, 3.63) is 56.9 Å². The molecule has 0 amide bonds. The van der Waals surface area contributed by atoms with E-state index in [1.54, 1.807) is 11.3 Å². The number of halogens is 1. The van der Waals surface area contributed by atoms with Gasteiger partial charge in [-0.2, -0.15) is 0 Å². The molecule has 3 aromatic rings. The van der Waals surface area contributed by atoms with Crippen LogP contribution in [-0.2, 0) is 0 Å². The van der Waals surface area contributed by atoms with E-state index in [-0.39, 0.29) is 6.04 Å². The Morgan fingerprint density at radius 1 is 1.37 bits per heavy atom. The van der Waals surface area contributed by atoms with E-state index in [4.69, 9.17) is 21.9 Å². The first-order valence-corrected chi connectivity index (χ1v) is 7.14. The van der Waals surface area contributed by atoms with Gasteiger partial charge in [-0.25, -0.2) is 5.43 Å². The molecule has 0 fully saturated rings. The summed E-state index contributed by atoms with van der Waals surface area (Å²) in [4.78, 5) is 0.973. The molecule has 0 bridgehead atoms. The molecule has 19 heavy (non-hydrogen) atoms. The van der Waals surface area contributed by atoms with Crippen molar-refractivity contribution >= 4 is 33.9 Å². The third-order valence-corrected chi connectivity index (χ3v) is 4.86. The summed E-state index contributed by atoms with van der Waals surface area (Å²) in [7, 11) is 0. The van der Waals surface area contributed by atoms with Gasteiger partial charge in [0, 0.05) is 10.3 Å². The Bertz CT molecular complexity index is 686. The number of nitrogens with two attached hydrogens (primary N) is 1. The summed E-state index contributed by atoms with van der Waals surface area (Å²) >= 11 is 7.88. The van der Waals surface area contributed by atoms with Crippen LogP contribution < -0.4 is 11.3 Å². The summed E-state index contributed by atoms with van der Waals surface area (Å²) in [6, 6.07) is 9.65. The third kappa shape index (κ3) is 2.17. The number of hydrogen-bond donors (Lipinski definition) is 2. The lowest BCUT2D eigenvalue weighted by Gasteiger charge is -2.12. The van der Waals surface area contributed by atoms with E-state index in [2.05, 4.69) is 5.43 Å². The average molecular weight is 293 g/mol. The van der Waals surface area contributed by atoms with Crippen LogP contribution in [0.1, 0.15) is 22.2 Å². The second kappa shape index (κ2) is 4.98. The fraction of sp³-hybridized carbons (Fsp3) is 0.143. The van der Waals surface area contributed by atoms with E-state index in [1.165, 1.54) is 0 Å². The van der Waals surface area contributed by atoms with Crippen molar-refractivity contribution in [2.45, 2.75) is 13.0 Å². The predicted molar refractivity (Wildman–Crippen MR) is 79.4 cm³/mol. The Hall–Kier alpha value is -1.33. The lowest BCUT2D eigenvalue weighted by Crippen LogP contribution is -2.28. The zero-order chi connectivity index (χ0) is 13.4. The minimum absolute atomic E-state index is 0.224. The van der Waals surface area contributed by atoms with Crippen LogP contribution in [0.2, 0.25) is 5.02 Å². The highest BCUT2D eigenvalue weighted by Crippen LogP contribution is 2.36. The monoisotopic (exact) mass is 292 g/mol. The number of hydrazine groups is 1. The van der Waals surface area contributed by atoms with Gasteiger partial charge in [0.2, 0.25) is 0 Å². The molecule has 1 aromatic carbocycles. The molecule has 5 heteroatoms. The smallest absolute Gasteiger partial charge is 0.134 e. The summed E-state index contributed by atoms with van der Waals surface area (Å²) in [6.45, 7) is 1.98. The second-order valence-electron chi connectivity index (χ2n) is 4.38. The van der Waals surface area contributed by atoms with Gasteiger partial charge < -0.3 is 4.42 Å². The van der Waals surface area contributed by atoms with E-state index >= 15 is 0 Å². The molecule has 0 saturated carbocycles. The summed E-state index contributed by atoms with van der Waals surface area (Å²) in [6.07, 6.45) is 0. The summed E-state index contributed by atoms with van der Waals surface area (Å²) in [5.74, 6) is 6.45. The number of furan rings is 1. The van der Waals surface area contributed by atoms with Gasteiger partial charge in [0.1, 0.15) is 17.4 Å². The molecule has 0 aliphatic rings. The van der Waals surface area contributed by atoms with Gasteiger partial charge in [0.15, 0.2) is 0 Å². The number of hydrogen-bond acceptors (Lipinski definition) is 4. The van der Waals surface area contributed by atoms with Crippen molar-refractivity contribution in [2.75, 3.05) is 0 Å². The first kappa shape index (κ1) is 12.7. The van der Waals surface area contributed by atoms with Crippen LogP contribution in [0, 0.1) is 6.92 Å². The zero-order valence-electron chi connectivity index (χ0n) is 10.3. The van der Waals surface area contributed by atoms with E-state index in [1.807, 2.05) is 42.6 Å². The Morgan fingerprint density at radius 2 is 2.16 bits per heavy atom. The minimum Gasteiger partial charge on any atom is -0.459 e. The number of aryl methyl sites for hydroxylation is 1. The molecular formula is C14H13ClN2OS. The van der Waals surface area contributed by atoms with Crippen LogP contribution in [0.25, 0.3) is 11.0 Å². The standard InChI is InChI=1S/C14H13ClN2OS/c1-8-7-19-14(12(8)15)13(17-16)11-6-9-4-2-3-5-10(9)18-11/h2-7,13,17H,16H2,1H3. The molecule has 0 spiro atoms. The fourth-order valence-electron chi connectivity index (χ4n) is 2.08. The lowest BCUT2D eigenvalue weighted by atomic mass is 10.1. The highest BCUT2D eigenvalue weighted by Gasteiger charge is 2.22. The van der Waals surface area contributed by atoms with Crippen molar-refractivity contribution in [1.29, 1.82) is 0 Å². The van der Waals surface area contributed by atoms with E-state index in [9.17, 15) is 0 Å². The summed E-state index contributed by atoms with van der Waals surface area (Å²) in [5, 5.41) is 3.82. The summed E-state index contributed by atoms with van der Waals surface area (Å²) in [5.41, 5.74) is 4.68. The Morgan fingerprint density at radius 3 is 2.79 bits per heavy atom. The van der Waals surface area contributed by atoms with Gasteiger partial charge in [-0.3, -0.25) is 5.84 Å². The van der Waals surface area contributed by atoms with E-state index in [0.717, 1.165) is 32.2 Å². The van der Waals surface area contributed by atoms with Crippen molar-refractivity contribution in [3.63, 3.8) is 0 Å². The van der Waals surface area contributed by atoms with Gasteiger partial charge in [-0.1, -0.05) is 29.8 Å². The Labute approximate surface area is 119 Å².